The maximum Gasteiger partial charge on any atom is 0.209 e. The van der Waals surface area contributed by atoms with Gasteiger partial charge in [-0.3, -0.25) is 9.58 Å². The molecule has 0 radical (unpaired) electrons. The van der Waals surface area contributed by atoms with E-state index in [4.69, 9.17) is 4.42 Å². The molecule has 1 saturated heterocycles. The van der Waals surface area contributed by atoms with Gasteiger partial charge in [-0.2, -0.15) is 5.10 Å². The summed E-state index contributed by atoms with van der Waals surface area (Å²) in [5, 5.41) is 4.34. The van der Waals surface area contributed by atoms with Gasteiger partial charge in [0.15, 0.2) is 5.58 Å². The lowest BCUT2D eigenvalue weighted by atomic mass is 10.0. The van der Waals surface area contributed by atoms with Crippen LogP contribution in [0.5, 0.6) is 0 Å². The van der Waals surface area contributed by atoms with Crippen molar-refractivity contribution in [3.05, 3.63) is 48.6 Å². The molecule has 5 nitrogen and oxygen atoms in total. The van der Waals surface area contributed by atoms with Crippen molar-refractivity contribution in [2.75, 3.05) is 6.54 Å². The molecule has 3 heterocycles. The monoisotopic (exact) mass is 296 g/mol. The molecule has 0 spiro atoms. The lowest BCUT2D eigenvalue weighted by molar-refractivity contribution is 0.112. The Labute approximate surface area is 129 Å². The molecule has 0 aliphatic carbocycles. The molecule has 0 saturated carbocycles. The van der Waals surface area contributed by atoms with Crippen LogP contribution < -0.4 is 0 Å². The van der Waals surface area contributed by atoms with Crippen LogP contribution in [0.25, 0.3) is 11.1 Å². The van der Waals surface area contributed by atoms with Gasteiger partial charge in [-0.05, 0) is 37.6 Å². The highest BCUT2D eigenvalue weighted by Crippen LogP contribution is 2.22. The Morgan fingerprint density at radius 1 is 1.18 bits per heavy atom. The molecule has 114 valence electrons. The van der Waals surface area contributed by atoms with Crippen LogP contribution in [0.1, 0.15) is 25.2 Å². The first-order valence-corrected chi connectivity index (χ1v) is 7.94. The standard InChI is InChI=1S/C17H20N4O/c1-2-8-16-15(7-1)19-17(22-16)13-20-10-4-3-6-14(20)12-21-11-5-9-18-21/h1-2,5,7-9,11,14H,3-4,6,10,12-13H2/t14-/m0/s1. The fraction of sp³-hybridized carbons (Fsp3) is 0.412. The third-order valence-corrected chi connectivity index (χ3v) is 4.38. The first kappa shape index (κ1) is 13.5. The third kappa shape index (κ3) is 2.76. The van der Waals surface area contributed by atoms with E-state index in [-0.39, 0.29) is 0 Å². The van der Waals surface area contributed by atoms with Crippen molar-refractivity contribution in [1.29, 1.82) is 0 Å². The van der Waals surface area contributed by atoms with Crippen LogP contribution in [0, 0.1) is 0 Å². The number of fused-ring (bicyclic) bond motifs is 1. The largest absolute Gasteiger partial charge is 0.439 e. The van der Waals surface area contributed by atoms with E-state index in [1.54, 1.807) is 0 Å². The fourth-order valence-electron chi connectivity index (χ4n) is 3.26. The number of hydrogen-bond donors (Lipinski definition) is 0. The Morgan fingerprint density at radius 2 is 2.14 bits per heavy atom. The molecule has 1 aliphatic heterocycles. The van der Waals surface area contributed by atoms with E-state index in [1.807, 2.05) is 47.4 Å². The van der Waals surface area contributed by atoms with Crippen molar-refractivity contribution in [3.63, 3.8) is 0 Å². The Kier molecular flexibility index (Phi) is 3.64. The molecule has 5 heteroatoms. The van der Waals surface area contributed by atoms with E-state index in [9.17, 15) is 0 Å². The van der Waals surface area contributed by atoms with Crippen LogP contribution in [-0.2, 0) is 13.1 Å². The molecule has 1 aromatic carbocycles. The third-order valence-electron chi connectivity index (χ3n) is 4.38. The number of oxazole rings is 1. The quantitative estimate of drug-likeness (QED) is 0.742. The molecule has 0 bridgehead atoms. The average Bonchev–Trinajstić information content (AvgIpc) is 3.18. The fourth-order valence-corrected chi connectivity index (χ4v) is 3.26. The first-order chi connectivity index (χ1) is 10.9. The summed E-state index contributed by atoms with van der Waals surface area (Å²) in [6.07, 6.45) is 7.62. The van der Waals surface area contributed by atoms with Crippen molar-refractivity contribution >= 4 is 11.1 Å². The molecule has 4 rings (SSSR count). The molecule has 0 amide bonds. The number of piperidine rings is 1. The highest BCUT2D eigenvalue weighted by Gasteiger charge is 2.24. The van der Waals surface area contributed by atoms with E-state index >= 15 is 0 Å². The van der Waals surface area contributed by atoms with E-state index in [1.165, 1.54) is 19.3 Å². The number of para-hydroxylation sites is 2. The van der Waals surface area contributed by atoms with Gasteiger partial charge in [-0.15, -0.1) is 0 Å². The van der Waals surface area contributed by atoms with E-state index < -0.39 is 0 Å². The zero-order chi connectivity index (χ0) is 14.8. The van der Waals surface area contributed by atoms with Gasteiger partial charge in [-0.1, -0.05) is 18.6 Å². The van der Waals surface area contributed by atoms with Crippen molar-refractivity contribution in [3.8, 4) is 0 Å². The predicted octanol–water partition coefficient (Wildman–Crippen LogP) is 3.08. The molecule has 1 aliphatic rings. The summed E-state index contributed by atoms with van der Waals surface area (Å²) in [4.78, 5) is 7.09. The normalized spacial score (nSPS) is 19.7. The van der Waals surface area contributed by atoms with Gasteiger partial charge < -0.3 is 4.42 Å². The second kappa shape index (κ2) is 5.93. The summed E-state index contributed by atoms with van der Waals surface area (Å²) < 4.78 is 7.90. The minimum absolute atomic E-state index is 0.503. The molecule has 22 heavy (non-hydrogen) atoms. The summed E-state index contributed by atoms with van der Waals surface area (Å²) in [6, 6.07) is 10.4. The summed E-state index contributed by atoms with van der Waals surface area (Å²) in [6.45, 7) is 2.82. The minimum Gasteiger partial charge on any atom is -0.439 e. The lowest BCUT2D eigenvalue weighted by Crippen LogP contribution is -2.41. The Bertz CT molecular complexity index is 701. The zero-order valence-electron chi connectivity index (χ0n) is 12.6. The number of aromatic nitrogens is 3. The topological polar surface area (TPSA) is 47.1 Å². The van der Waals surface area contributed by atoms with E-state index in [2.05, 4.69) is 15.0 Å². The van der Waals surface area contributed by atoms with Gasteiger partial charge in [-0.25, -0.2) is 4.98 Å². The molecular formula is C17H20N4O. The number of benzene rings is 1. The highest BCUT2D eigenvalue weighted by atomic mass is 16.3. The summed E-state index contributed by atoms with van der Waals surface area (Å²) in [7, 11) is 0. The number of nitrogens with zero attached hydrogens (tertiary/aromatic N) is 4. The van der Waals surface area contributed by atoms with Gasteiger partial charge in [0.1, 0.15) is 5.52 Å². The maximum absolute atomic E-state index is 5.88. The van der Waals surface area contributed by atoms with Crippen LogP contribution in [-0.4, -0.2) is 32.3 Å². The second-order valence-electron chi connectivity index (χ2n) is 5.92. The van der Waals surface area contributed by atoms with Gasteiger partial charge in [0.25, 0.3) is 0 Å². The van der Waals surface area contributed by atoms with Crippen LogP contribution >= 0.6 is 0 Å². The van der Waals surface area contributed by atoms with Crippen molar-refractivity contribution < 1.29 is 4.42 Å². The van der Waals surface area contributed by atoms with Crippen LogP contribution in [0.2, 0.25) is 0 Å². The summed E-state index contributed by atoms with van der Waals surface area (Å²) >= 11 is 0. The van der Waals surface area contributed by atoms with Crippen LogP contribution in [0.15, 0.2) is 47.1 Å². The lowest BCUT2D eigenvalue weighted by Gasteiger charge is -2.34. The summed E-state index contributed by atoms with van der Waals surface area (Å²) in [5.74, 6) is 0.813. The molecule has 0 unspecified atom stereocenters. The minimum atomic E-state index is 0.503. The van der Waals surface area contributed by atoms with E-state index in [0.29, 0.717) is 6.04 Å². The van der Waals surface area contributed by atoms with Gasteiger partial charge >= 0.3 is 0 Å². The molecule has 1 fully saturated rings. The Balaban J connectivity index is 1.51. The van der Waals surface area contributed by atoms with E-state index in [0.717, 1.165) is 36.6 Å². The SMILES string of the molecule is c1ccc2oc(CN3CCCC[C@H]3Cn3cccn3)nc2c1. The second-order valence-corrected chi connectivity index (χ2v) is 5.92. The average molecular weight is 296 g/mol. The highest BCUT2D eigenvalue weighted by molar-refractivity contribution is 5.72. The smallest absolute Gasteiger partial charge is 0.209 e. The van der Waals surface area contributed by atoms with Crippen molar-refractivity contribution in [1.82, 2.24) is 19.7 Å². The first-order valence-electron chi connectivity index (χ1n) is 7.94. The van der Waals surface area contributed by atoms with Gasteiger partial charge in [0.05, 0.1) is 13.1 Å². The van der Waals surface area contributed by atoms with Crippen LogP contribution in [0.4, 0.5) is 0 Å². The Morgan fingerprint density at radius 3 is 3.00 bits per heavy atom. The van der Waals surface area contributed by atoms with Gasteiger partial charge in [0.2, 0.25) is 5.89 Å². The van der Waals surface area contributed by atoms with Crippen molar-refractivity contribution in [2.45, 2.75) is 38.4 Å². The zero-order valence-corrected chi connectivity index (χ0v) is 12.6. The molecular weight excluding hydrogens is 276 g/mol. The summed E-state index contributed by atoms with van der Waals surface area (Å²) in [5.41, 5.74) is 1.82. The number of hydrogen-bond acceptors (Lipinski definition) is 4. The molecule has 0 N–H and O–H groups in total. The molecule has 1 atom stereocenters. The Hall–Kier alpha value is -2.14. The number of likely N-dealkylation sites (tertiary alicyclic amines) is 1. The van der Waals surface area contributed by atoms with Crippen LogP contribution in [0.3, 0.4) is 0 Å². The van der Waals surface area contributed by atoms with Gasteiger partial charge in [0, 0.05) is 18.4 Å². The predicted molar refractivity (Wildman–Crippen MR) is 84.3 cm³/mol. The molecule has 2 aromatic heterocycles. The molecule has 3 aromatic rings. The number of rotatable bonds is 4. The van der Waals surface area contributed by atoms with Crippen molar-refractivity contribution in [2.24, 2.45) is 0 Å². The maximum atomic E-state index is 5.88.